The zero-order valence-electron chi connectivity index (χ0n) is 20.4. The first-order chi connectivity index (χ1) is 18.1. The van der Waals surface area contributed by atoms with Crippen molar-refractivity contribution >= 4 is 47.4 Å². The number of azide groups is 1. The van der Waals surface area contributed by atoms with Gasteiger partial charge in [0.25, 0.3) is 5.56 Å². The molecule has 3 aromatic rings. The Morgan fingerprint density at radius 2 is 2.21 bits per heavy atom. The number of H-pyrrole nitrogens is 2. The van der Waals surface area contributed by atoms with Gasteiger partial charge in [-0.3, -0.25) is 19.1 Å². The maximum atomic E-state index is 12.6. The number of aromatic nitrogens is 3. The molecule has 0 saturated carbocycles. The molecule has 0 radical (unpaired) electrons. The lowest BCUT2D eigenvalue weighted by Gasteiger charge is -2.30. The van der Waals surface area contributed by atoms with E-state index in [4.69, 9.17) is 31.8 Å². The summed E-state index contributed by atoms with van der Waals surface area (Å²) in [4.78, 5) is 44.9. The largest absolute Gasteiger partial charge is 0.493 e. The van der Waals surface area contributed by atoms with E-state index >= 15 is 0 Å². The Morgan fingerprint density at radius 1 is 1.45 bits per heavy atom. The third-order valence-corrected chi connectivity index (χ3v) is 8.64. The number of carbonyl (C=O) groups excluding carboxylic acids is 1. The number of hydrogen-bond acceptors (Lipinski definition) is 10. The minimum Gasteiger partial charge on any atom is -0.493 e. The van der Waals surface area contributed by atoms with Crippen molar-refractivity contribution in [2.45, 2.75) is 44.2 Å². The standard InChI is InChI=1S/C22H26N7O6PS2/c1-12-10-29(22(32)25-20(12)30)19-8-16(26-28-23)18(35-19)11-34-36(37,38)27-17(21(31)33-2)7-13-9-24-15-6-4-3-5-14(13)15/h3-6,9-10,16-19,24H,7-8,11H2,1-2H3,(H,25,30,32)(H2,27,37,38)/t16-,17-,18+,19+/m0/s1. The van der Waals surface area contributed by atoms with Gasteiger partial charge < -0.3 is 26.7 Å². The second kappa shape index (κ2) is 12.0. The van der Waals surface area contributed by atoms with E-state index in [1.807, 2.05) is 30.5 Å². The van der Waals surface area contributed by atoms with Crippen LogP contribution in [0.3, 0.4) is 0 Å². The molecule has 4 rings (SSSR count). The second-order valence-electron chi connectivity index (χ2n) is 8.70. The van der Waals surface area contributed by atoms with Gasteiger partial charge >= 0.3 is 11.7 Å². The number of methoxy groups -OCH3 is 1. The summed E-state index contributed by atoms with van der Waals surface area (Å²) in [5.74, 6) is -0.529. The minimum atomic E-state index is -3.07. The first-order valence-corrected chi connectivity index (χ1v) is 15.4. The van der Waals surface area contributed by atoms with Crippen LogP contribution in [0.2, 0.25) is 0 Å². The number of nitrogens with one attached hydrogen (secondary N) is 3. The van der Waals surface area contributed by atoms with E-state index in [1.165, 1.54) is 17.9 Å². The highest BCUT2D eigenvalue weighted by atomic mass is 33.1. The van der Waals surface area contributed by atoms with Crippen molar-refractivity contribution in [3.8, 4) is 0 Å². The summed E-state index contributed by atoms with van der Waals surface area (Å²) >= 11 is 10.1. The van der Waals surface area contributed by atoms with E-state index in [2.05, 4.69) is 37.3 Å². The molecule has 1 aromatic carbocycles. The molecular weight excluding hydrogens is 553 g/mol. The smallest absolute Gasteiger partial charge is 0.330 e. The molecule has 1 saturated heterocycles. The zero-order valence-corrected chi connectivity index (χ0v) is 23.0. The lowest BCUT2D eigenvalue weighted by atomic mass is 10.1. The number of thiol groups is 1. The SMILES string of the molecule is COC(=O)[C@H](Cc1c[nH]c2ccccc12)N[P+]([S-])(S)OC[C@H]1O[C@@H](n2cc(C)c(=O)[nH]c2=O)C[C@@H]1N=[N+]=[N-]. The Labute approximate surface area is 227 Å². The van der Waals surface area contributed by atoms with Gasteiger partial charge in [0.2, 0.25) is 0 Å². The molecule has 1 fully saturated rings. The van der Waals surface area contributed by atoms with E-state index in [9.17, 15) is 14.4 Å². The van der Waals surface area contributed by atoms with Gasteiger partial charge in [0.05, 0.1) is 19.3 Å². The van der Waals surface area contributed by atoms with Crippen LogP contribution < -0.4 is 16.3 Å². The van der Waals surface area contributed by atoms with Crippen molar-refractivity contribution < 1.29 is 18.8 Å². The third-order valence-electron chi connectivity index (χ3n) is 6.18. The highest BCUT2D eigenvalue weighted by Gasteiger charge is 2.39. The summed E-state index contributed by atoms with van der Waals surface area (Å²) in [5.41, 5.74) is 10.0. The molecule has 3 heterocycles. The van der Waals surface area contributed by atoms with Gasteiger partial charge in [0.15, 0.2) is 6.04 Å². The fourth-order valence-electron chi connectivity index (χ4n) is 4.28. The normalized spacial score (nSPS) is 21.5. The van der Waals surface area contributed by atoms with Crippen LogP contribution in [0.4, 0.5) is 0 Å². The van der Waals surface area contributed by atoms with Crippen LogP contribution in [0.5, 0.6) is 0 Å². The molecule has 13 nitrogen and oxygen atoms in total. The zero-order chi connectivity index (χ0) is 27.4. The maximum Gasteiger partial charge on any atom is 0.330 e. The Morgan fingerprint density at radius 3 is 2.95 bits per heavy atom. The van der Waals surface area contributed by atoms with Gasteiger partial charge in [-0.15, -0.1) is 0 Å². The van der Waals surface area contributed by atoms with Crippen LogP contribution >= 0.6 is 18.3 Å². The van der Waals surface area contributed by atoms with Crippen molar-refractivity contribution in [3.05, 3.63) is 79.1 Å². The first kappa shape index (κ1) is 28.2. The molecule has 202 valence electrons. The molecule has 38 heavy (non-hydrogen) atoms. The number of fused-ring (bicyclic) bond motifs is 1. The molecule has 1 unspecified atom stereocenters. The summed E-state index contributed by atoms with van der Waals surface area (Å²) in [5, 5.41) is 7.75. The van der Waals surface area contributed by atoms with Crippen LogP contribution in [-0.2, 0) is 37.5 Å². The molecule has 1 aliphatic heterocycles. The van der Waals surface area contributed by atoms with Gasteiger partial charge in [-0.2, -0.15) is 5.09 Å². The number of carbonyl (C=O) groups is 1. The number of nitrogens with zero attached hydrogens (tertiary/aromatic N) is 4. The van der Waals surface area contributed by atoms with Crippen LogP contribution in [0, 0.1) is 6.92 Å². The average molecular weight is 580 g/mol. The van der Waals surface area contributed by atoms with Crippen molar-refractivity contribution in [3.63, 3.8) is 0 Å². The van der Waals surface area contributed by atoms with Crippen molar-refractivity contribution in [1.29, 1.82) is 0 Å². The maximum absolute atomic E-state index is 12.6. The van der Waals surface area contributed by atoms with Crippen molar-refractivity contribution in [2.24, 2.45) is 5.11 Å². The predicted molar refractivity (Wildman–Crippen MR) is 148 cm³/mol. The van der Waals surface area contributed by atoms with E-state index in [1.54, 1.807) is 6.92 Å². The number of rotatable bonds is 10. The number of ether oxygens (including phenoxy) is 2. The highest BCUT2D eigenvalue weighted by Crippen LogP contribution is 2.59. The number of aryl methyl sites for hydroxylation is 1. The van der Waals surface area contributed by atoms with E-state index < -0.39 is 47.7 Å². The van der Waals surface area contributed by atoms with Gasteiger partial charge in [-0.1, -0.05) is 23.3 Å². The molecule has 3 N–H and O–H groups in total. The Bertz CT molecular complexity index is 1480. The third kappa shape index (κ3) is 6.44. The van der Waals surface area contributed by atoms with Crippen LogP contribution in [0.15, 0.2) is 51.4 Å². The Kier molecular flexibility index (Phi) is 8.89. The Balaban J connectivity index is 1.46. The first-order valence-electron chi connectivity index (χ1n) is 11.5. The summed E-state index contributed by atoms with van der Waals surface area (Å²) in [7, 11) is 1.28. The summed E-state index contributed by atoms with van der Waals surface area (Å²) < 4.78 is 18.1. The molecule has 1 aliphatic rings. The van der Waals surface area contributed by atoms with Crippen molar-refractivity contribution in [2.75, 3.05) is 13.7 Å². The number of hydrogen-bond donors (Lipinski definition) is 4. The predicted octanol–water partition coefficient (Wildman–Crippen LogP) is 2.84. The van der Waals surface area contributed by atoms with E-state index in [0.717, 1.165) is 16.5 Å². The molecular formula is C22H26N7O6PS2. The quantitative estimate of drug-likeness (QED) is 0.0539. The average Bonchev–Trinajstić information content (AvgIpc) is 3.48. The number of benzene rings is 1. The molecule has 5 atom stereocenters. The summed E-state index contributed by atoms with van der Waals surface area (Å²) in [6.07, 6.45) is 2.12. The van der Waals surface area contributed by atoms with E-state index in [0.29, 0.717) is 5.56 Å². The summed E-state index contributed by atoms with van der Waals surface area (Å²) in [6.45, 7) is 1.44. The van der Waals surface area contributed by atoms with Gasteiger partial charge in [-0.25, -0.2) is 9.32 Å². The molecule has 0 bridgehead atoms. The van der Waals surface area contributed by atoms with Crippen LogP contribution in [-0.4, -0.2) is 52.4 Å². The van der Waals surface area contributed by atoms with Crippen LogP contribution in [0.1, 0.15) is 23.8 Å². The minimum absolute atomic E-state index is 0.119. The lowest BCUT2D eigenvalue weighted by molar-refractivity contribution is -0.142. The molecule has 0 aliphatic carbocycles. The molecule has 0 spiro atoms. The summed E-state index contributed by atoms with van der Waals surface area (Å²) in [6, 6.07) is 3.12. The lowest BCUT2D eigenvalue weighted by Crippen LogP contribution is -2.39. The number of esters is 1. The van der Waals surface area contributed by atoms with E-state index in [-0.39, 0.29) is 19.4 Å². The van der Waals surface area contributed by atoms with Gasteiger partial charge in [0.1, 0.15) is 18.9 Å². The fourth-order valence-corrected chi connectivity index (χ4v) is 6.47. The topological polar surface area (TPSA) is 176 Å². The molecule has 2 aromatic heterocycles. The fraction of sp³-hybridized carbons (Fsp3) is 0.409. The van der Waals surface area contributed by atoms with Crippen molar-refractivity contribution in [1.82, 2.24) is 19.6 Å². The Hall–Kier alpha value is -2.77. The van der Waals surface area contributed by atoms with Crippen LogP contribution in [0.25, 0.3) is 21.3 Å². The highest BCUT2D eigenvalue weighted by molar-refractivity contribution is 8.77. The van der Waals surface area contributed by atoms with Gasteiger partial charge in [-0.05, 0) is 24.1 Å². The number of aromatic amines is 2. The monoisotopic (exact) mass is 579 g/mol. The molecule has 0 amide bonds. The second-order valence-corrected chi connectivity index (χ2v) is 14.3. The molecule has 16 heteroatoms. The van der Waals surface area contributed by atoms with Gasteiger partial charge in [0, 0.05) is 58.9 Å². The number of para-hydroxylation sites is 1.